The summed E-state index contributed by atoms with van der Waals surface area (Å²) >= 11 is 6.17. The fourth-order valence-corrected chi connectivity index (χ4v) is 7.25. The average Bonchev–Trinajstić information content (AvgIpc) is 3.00. The van der Waals surface area contributed by atoms with Crippen LogP contribution in [-0.4, -0.2) is 64.0 Å². The maximum Gasteiger partial charge on any atom is 0.327 e. The Morgan fingerprint density at radius 3 is 2.29 bits per heavy atom. The third-order valence-corrected chi connectivity index (χ3v) is 10.6. The van der Waals surface area contributed by atoms with Gasteiger partial charge in [0, 0.05) is 18.0 Å². The van der Waals surface area contributed by atoms with Gasteiger partial charge in [-0.1, -0.05) is 35.9 Å². The summed E-state index contributed by atoms with van der Waals surface area (Å²) in [5, 5.41) is 0.798. The lowest BCUT2D eigenvalue weighted by Gasteiger charge is -2.32. The van der Waals surface area contributed by atoms with E-state index in [9.17, 15) is 13.2 Å². The minimum atomic E-state index is -4.08. The SMILES string of the molecule is CCOC(=O)C(C)(Cc1ccc(OCCCN2CCC(c3cccc(Cl)c3)CC2)cc1)S(=O)(=O)c1ccc(OC)cc1. The van der Waals surface area contributed by atoms with Gasteiger partial charge in [0.1, 0.15) is 11.5 Å². The number of esters is 1. The molecular weight excluding hydrogens is 574 g/mol. The van der Waals surface area contributed by atoms with Gasteiger partial charge in [-0.25, -0.2) is 8.42 Å². The quantitative estimate of drug-likeness (QED) is 0.164. The Bertz CT molecular complexity index is 1420. The Labute approximate surface area is 254 Å². The lowest BCUT2D eigenvalue weighted by atomic mass is 9.89. The number of rotatable bonds is 13. The van der Waals surface area contributed by atoms with Gasteiger partial charge in [-0.05, 0) is 112 Å². The van der Waals surface area contributed by atoms with Gasteiger partial charge < -0.3 is 19.1 Å². The fourth-order valence-electron chi connectivity index (χ4n) is 5.40. The molecule has 0 bridgehead atoms. The number of methoxy groups -OCH3 is 1. The molecule has 3 aromatic carbocycles. The zero-order valence-corrected chi connectivity index (χ0v) is 26.1. The molecule has 0 radical (unpaired) electrons. The first kappa shape index (κ1) is 31.9. The molecule has 1 fully saturated rings. The van der Waals surface area contributed by atoms with E-state index in [0.29, 0.717) is 29.6 Å². The Hall–Kier alpha value is -3.07. The molecule has 0 aromatic heterocycles. The topological polar surface area (TPSA) is 82.1 Å². The van der Waals surface area contributed by atoms with Crippen LogP contribution in [0.25, 0.3) is 0 Å². The summed E-state index contributed by atoms with van der Waals surface area (Å²) in [5.41, 5.74) is 2.02. The highest BCUT2D eigenvalue weighted by Crippen LogP contribution is 2.33. The van der Waals surface area contributed by atoms with Crippen LogP contribution in [0.3, 0.4) is 0 Å². The van der Waals surface area contributed by atoms with Crippen molar-refractivity contribution in [1.82, 2.24) is 4.90 Å². The average molecular weight is 614 g/mol. The molecule has 1 aliphatic rings. The molecule has 0 saturated carbocycles. The molecule has 4 rings (SSSR count). The number of sulfone groups is 1. The van der Waals surface area contributed by atoms with Gasteiger partial charge in [-0.15, -0.1) is 0 Å². The third-order valence-electron chi connectivity index (χ3n) is 7.93. The molecule has 1 heterocycles. The Balaban J connectivity index is 1.30. The van der Waals surface area contributed by atoms with E-state index in [-0.39, 0.29) is 17.9 Å². The first-order valence-electron chi connectivity index (χ1n) is 14.4. The van der Waals surface area contributed by atoms with E-state index in [0.717, 1.165) is 43.9 Å². The molecule has 42 heavy (non-hydrogen) atoms. The number of nitrogens with zero attached hydrogens (tertiary/aromatic N) is 1. The van der Waals surface area contributed by atoms with E-state index in [1.807, 2.05) is 24.3 Å². The van der Waals surface area contributed by atoms with Crippen molar-refractivity contribution in [3.63, 3.8) is 0 Å². The normalized spacial score (nSPS) is 16.0. The van der Waals surface area contributed by atoms with Gasteiger partial charge >= 0.3 is 5.97 Å². The maximum atomic E-state index is 13.7. The highest BCUT2D eigenvalue weighted by Gasteiger charge is 2.48. The van der Waals surface area contributed by atoms with Crippen molar-refractivity contribution in [1.29, 1.82) is 0 Å². The summed E-state index contributed by atoms with van der Waals surface area (Å²) in [6.07, 6.45) is 3.12. The molecule has 1 unspecified atom stereocenters. The van der Waals surface area contributed by atoms with Crippen LogP contribution in [0.1, 0.15) is 50.2 Å². The van der Waals surface area contributed by atoms with Gasteiger partial charge in [0.2, 0.25) is 0 Å². The zero-order chi connectivity index (χ0) is 30.2. The van der Waals surface area contributed by atoms with Gasteiger partial charge in [0.05, 0.1) is 25.2 Å². The van der Waals surface area contributed by atoms with Gasteiger partial charge in [-0.2, -0.15) is 0 Å². The van der Waals surface area contributed by atoms with E-state index in [2.05, 4.69) is 17.0 Å². The molecule has 0 spiro atoms. The van der Waals surface area contributed by atoms with Crippen molar-refractivity contribution in [2.45, 2.75) is 55.1 Å². The molecule has 9 heteroatoms. The standard InChI is InChI=1S/C33H40ClNO6S/c1-4-40-32(36)33(2,42(37,38)31-15-13-29(39-3)14-16-31)24-25-9-11-30(12-10-25)41-22-6-19-35-20-17-26(18-21-35)27-7-5-8-28(34)23-27/h5,7-16,23,26H,4,6,17-22,24H2,1-3H3. The first-order valence-corrected chi connectivity index (χ1v) is 16.3. The monoisotopic (exact) mass is 613 g/mol. The fraction of sp³-hybridized carbons (Fsp3) is 0.424. The summed E-state index contributed by atoms with van der Waals surface area (Å²) < 4.78 is 41.9. The van der Waals surface area contributed by atoms with Crippen LogP contribution in [0.5, 0.6) is 11.5 Å². The number of ether oxygens (including phenoxy) is 3. The number of hydrogen-bond donors (Lipinski definition) is 0. The third kappa shape index (κ3) is 7.65. The van der Waals surface area contributed by atoms with Gasteiger partial charge in [-0.3, -0.25) is 4.79 Å². The van der Waals surface area contributed by atoms with Crippen LogP contribution in [0, 0.1) is 0 Å². The molecule has 1 aliphatic heterocycles. The molecule has 1 atom stereocenters. The second-order valence-corrected chi connectivity index (χ2v) is 13.6. The minimum Gasteiger partial charge on any atom is -0.497 e. The zero-order valence-electron chi connectivity index (χ0n) is 24.6. The minimum absolute atomic E-state index is 0.0347. The Morgan fingerprint density at radius 1 is 1.00 bits per heavy atom. The second-order valence-electron chi connectivity index (χ2n) is 10.8. The number of carbonyl (C=O) groups is 1. The number of halogens is 1. The van der Waals surface area contributed by atoms with Crippen molar-refractivity contribution >= 4 is 27.4 Å². The number of piperidine rings is 1. The smallest absolute Gasteiger partial charge is 0.327 e. The van der Waals surface area contributed by atoms with Crippen LogP contribution >= 0.6 is 11.6 Å². The molecule has 0 aliphatic carbocycles. The van der Waals surface area contributed by atoms with E-state index < -0.39 is 20.6 Å². The lowest BCUT2D eigenvalue weighted by Crippen LogP contribution is -2.46. The molecule has 3 aromatic rings. The summed E-state index contributed by atoms with van der Waals surface area (Å²) in [7, 11) is -2.57. The van der Waals surface area contributed by atoms with Gasteiger partial charge in [0.15, 0.2) is 14.6 Å². The molecule has 0 amide bonds. The molecule has 7 nitrogen and oxygen atoms in total. The number of hydrogen-bond acceptors (Lipinski definition) is 7. The van der Waals surface area contributed by atoms with Crippen molar-refractivity contribution in [2.75, 3.05) is 40.0 Å². The summed E-state index contributed by atoms with van der Waals surface area (Å²) in [6, 6.07) is 21.5. The molecule has 1 saturated heterocycles. The molecular formula is C33H40ClNO6S. The summed E-state index contributed by atoms with van der Waals surface area (Å²) in [4.78, 5) is 15.5. The Morgan fingerprint density at radius 2 is 1.67 bits per heavy atom. The molecule has 226 valence electrons. The van der Waals surface area contributed by atoms with Crippen LogP contribution in [-0.2, 0) is 25.8 Å². The van der Waals surface area contributed by atoms with E-state index in [4.69, 9.17) is 25.8 Å². The van der Waals surface area contributed by atoms with Crippen molar-refractivity contribution < 1.29 is 27.4 Å². The van der Waals surface area contributed by atoms with Crippen LogP contribution < -0.4 is 9.47 Å². The van der Waals surface area contributed by atoms with Crippen LogP contribution in [0.4, 0.5) is 0 Å². The van der Waals surface area contributed by atoms with Crippen molar-refractivity contribution in [2.24, 2.45) is 0 Å². The van der Waals surface area contributed by atoms with Crippen molar-refractivity contribution in [3.8, 4) is 11.5 Å². The summed E-state index contributed by atoms with van der Waals surface area (Å²) in [6.45, 7) is 6.84. The highest BCUT2D eigenvalue weighted by atomic mass is 35.5. The Kier molecular flexibility index (Phi) is 10.9. The number of likely N-dealkylation sites (tertiary alicyclic amines) is 1. The summed E-state index contributed by atoms with van der Waals surface area (Å²) in [5.74, 6) is 1.01. The highest BCUT2D eigenvalue weighted by molar-refractivity contribution is 7.93. The van der Waals surface area contributed by atoms with Crippen LogP contribution in [0.2, 0.25) is 5.02 Å². The van der Waals surface area contributed by atoms with Crippen LogP contribution in [0.15, 0.2) is 77.7 Å². The largest absolute Gasteiger partial charge is 0.497 e. The number of carbonyl (C=O) groups excluding carboxylic acids is 1. The van der Waals surface area contributed by atoms with E-state index >= 15 is 0 Å². The first-order chi connectivity index (χ1) is 20.2. The maximum absolute atomic E-state index is 13.7. The predicted octanol–water partition coefficient (Wildman–Crippen LogP) is 6.34. The van der Waals surface area contributed by atoms with Gasteiger partial charge in [0.25, 0.3) is 0 Å². The molecule has 0 N–H and O–H groups in total. The van der Waals surface area contributed by atoms with E-state index in [1.54, 1.807) is 31.2 Å². The second kappa shape index (κ2) is 14.4. The predicted molar refractivity (Wildman–Crippen MR) is 165 cm³/mol. The van der Waals surface area contributed by atoms with Crippen molar-refractivity contribution in [3.05, 3.63) is 88.9 Å². The van der Waals surface area contributed by atoms with E-state index in [1.165, 1.54) is 31.7 Å². The lowest BCUT2D eigenvalue weighted by molar-refractivity contribution is -0.145. The number of benzene rings is 3.